The molecule has 0 aliphatic carbocycles. The molecule has 0 aromatic carbocycles. The smallest absolute Gasteiger partial charge is 0.324 e. The summed E-state index contributed by atoms with van der Waals surface area (Å²) in [6.45, 7) is 8.37. The Kier molecular flexibility index (Phi) is 2.75. The van der Waals surface area contributed by atoms with Crippen LogP contribution in [0.5, 0.6) is 0 Å². The average molecular weight is 211 g/mol. The molecule has 2 rings (SSSR count). The minimum atomic E-state index is -0.261. The highest BCUT2D eigenvalue weighted by atomic mass is 16.6. The number of hydrogen-bond acceptors (Lipinski definition) is 3. The molecule has 0 spiro atoms. The molecule has 86 valence electrons. The third-order valence-electron chi connectivity index (χ3n) is 3.46. The molecule has 2 atom stereocenters. The van der Waals surface area contributed by atoms with E-state index in [4.69, 9.17) is 4.74 Å². The third-order valence-corrected chi connectivity index (χ3v) is 3.46. The van der Waals surface area contributed by atoms with Crippen molar-refractivity contribution in [1.82, 2.24) is 4.90 Å². The van der Waals surface area contributed by atoms with Crippen LogP contribution in [0, 0.1) is 5.92 Å². The molecule has 0 bridgehead atoms. The molecular weight excluding hydrogens is 190 g/mol. The molecule has 0 aromatic rings. The number of carbonyl (C=O) groups excluding carboxylic acids is 1. The molecule has 3 heteroatoms. The number of likely N-dealkylation sites (tertiary alicyclic amines) is 1. The fourth-order valence-electron chi connectivity index (χ4n) is 2.72. The Labute approximate surface area is 91.8 Å². The lowest BCUT2D eigenvalue weighted by Gasteiger charge is -2.33. The van der Waals surface area contributed by atoms with Crippen LogP contribution in [0.25, 0.3) is 0 Å². The molecule has 0 saturated carbocycles. The van der Waals surface area contributed by atoms with Crippen molar-refractivity contribution in [3.05, 3.63) is 0 Å². The largest absolute Gasteiger partial charge is 0.458 e. The van der Waals surface area contributed by atoms with E-state index in [1.165, 1.54) is 12.8 Å². The van der Waals surface area contributed by atoms with Gasteiger partial charge in [-0.15, -0.1) is 0 Å². The highest BCUT2D eigenvalue weighted by molar-refractivity contribution is 5.78. The number of ether oxygens (including phenoxy) is 1. The second-order valence-electron chi connectivity index (χ2n) is 5.64. The van der Waals surface area contributed by atoms with Gasteiger partial charge in [0.05, 0.1) is 0 Å². The first-order chi connectivity index (χ1) is 6.98. The van der Waals surface area contributed by atoms with Crippen LogP contribution in [0.4, 0.5) is 0 Å². The maximum absolute atomic E-state index is 11.7. The Bertz CT molecular complexity index is 262. The lowest BCUT2D eigenvalue weighted by Crippen LogP contribution is -2.44. The van der Waals surface area contributed by atoms with Crippen LogP contribution in [0.1, 0.15) is 40.0 Å². The van der Waals surface area contributed by atoms with Gasteiger partial charge in [0.15, 0.2) is 0 Å². The van der Waals surface area contributed by atoms with Gasteiger partial charge >= 0.3 is 5.97 Å². The zero-order valence-corrected chi connectivity index (χ0v) is 9.95. The number of piperidine rings is 1. The topological polar surface area (TPSA) is 29.5 Å². The predicted octanol–water partition coefficient (Wildman–Crippen LogP) is 1.81. The minimum Gasteiger partial charge on any atom is -0.458 e. The molecule has 2 saturated heterocycles. The van der Waals surface area contributed by atoms with E-state index in [-0.39, 0.29) is 17.6 Å². The van der Waals surface area contributed by atoms with Crippen molar-refractivity contribution in [2.24, 2.45) is 5.92 Å². The van der Waals surface area contributed by atoms with Gasteiger partial charge in [0.2, 0.25) is 0 Å². The summed E-state index contributed by atoms with van der Waals surface area (Å²) in [7, 11) is 0. The van der Waals surface area contributed by atoms with E-state index in [0.29, 0.717) is 0 Å². The van der Waals surface area contributed by atoms with E-state index in [0.717, 1.165) is 25.4 Å². The Balaban J connectivity index is 2.01. The summed E-state index contributed by atoms with van der Waals surface area (Å²) in [4.78, 5) is 14.0. The Morgan fingerprint density at radius 3 is 2.73 bits per heavy atom. The molecule has 0 radical (unpaired) electrons. The molecule has 2 aliphatic rings. The summed E-state index contributed by atoms with van der Waals surface area (Å²) in [5.41, 5.74) is -0.261. The first-order valence-corrected chi connectivity index (χ1v) is 5.95. The van der Waals surface area contributed by atoms with E-state index >= 15 is 0 Å². The number of nitrogens with zero attached hydrogens (tertiary/aromatic N) is 1. The molecule has 0 aromatic heterocycles. The van der Waals surface area contributed by atoms with Crippen molar-refractivity contribution in [3.63, 3.8) is 0 Å². The van der Waals surface area contributed by atoms with Crippen LogP contribution in [0.2, 0.25) is 0 Å². The summed E-state index contributed by atoms with van der Waals surface area (Å²) >= 11 is 0. The summed E-state index contributed by atoms with van der Waals surface area (Å²) in [5.74, 6) is 0.698. The molecule has 2 heterocycles. The molecule has 2 aliphatic heterocycles. The quantitative estimate of drug-likeness (QED) is 0.620. The molecule has 2 unspecified atom stereocenters. The SMILES string of the molecule is CC1CCCN(C2CC(C)(C)OC2=O)C1. The van der Waals surface area contributed by atoms with Crippen LogP contribution < -0.4 is 0 Å². The average Bonchev–Trinajstić information content (AvgIpc) is 2.40. The van der Waals surface area contributed by atoms with Crippen molar-refractivity contribution in [2.75, 3.05) is 13.1 Å². The Hall–Kier alpha value is -0.570. The Morgan fingerprint density at radius 1 is 1.47 bits per heavy atom. The second kappa shape index (κ2) is 3.78. The van der Waals surface area contributed by atoms with Crippen LogP contribution in [-0.4, -0.2) is 35.6 Å². The summed E-state index contributed by atoms with van der Waals surface area (Å²) in [6, 6.07) is 0.0164. The van der Waals surface area contributed by atoms with Crippen molar-refractivity contribution >= 4 is 5.97 Å². The van der Waals surface area contributed by atoms with E-state index in [9.17, 15) is 4.79 Å². The summed E-state index contributed by atoms with van der Waals surface area (Å²) < 4.78 is 5.37. The zero-order valence-electron chi connectivity index (χ0n) is 9.95. The van der Waals surface area contributed by atoms with E-state index < -0.39 is 0 Å². The van der Waals surface area contributed by atoms with Gasteiger partial charge in [0.1, 0.15) is 11.6 Å². The van der Waals surface area contributed by atoms with E-state index in [2.05, 4.69) is 11.8 Å². The second-order valence-corrected chi connectivity index (χ2v) is 5.64. The maximum atomic E-state index is 11.7. The van der Waals surface area contributed by atoms with Gasteiger partial charge in [-0.1, -0.05) is 6.92 Å². The normalized spacial score (nSPS) is 36.6. The fourth-order valence-corrected chi connectivity index (χ4v) is 2.72. The van der Waals surface area contributed by atoms with Crippen molar-refractivity contribution in [2.45, 2.75) is 51.7 Å². The minimum absolute atomic E-state index is 0.0164. The van der Waals surface area contributed by atoms with Crippen LogP contribution in [0.3, 0.4) is 0 Å². The maximum Gasteiger partial charge on any atom is 0.324 e. The molecular formula is C12H21NO2. The van der Waals surface area contributed by atoms with Crippen LogP contribution in [0.15, 0.2) is 0 Å². The van der Waals surface area contributed by atoms with Crippen LogP contribution >= 0.6 is 0 Å². The van der Waals surface area contributed by atoms with Gasteiger partial charge in [-0.2, -0.15) is 0 Å². The third kappa shape index (κ3) is 2.33. The number of hydrogen-bond donors (Lipinski definition) is 0. The fraction of sp³-hybridized carbons (Fsp3) is 0.917. The lowest BCUT2D eigenvalue weighted by atomic mass is 9.96. The van der Waals surface area contributed by atoms with E-state index in [1.54, 1.807) is 0 Å². The number of cyclic esters (lactones) is 1. The molecule has 2 fully saturated rings. The highest BCUT2D eigenvalue weighted by Gasteiger charge is 2.43. The molecule has 0 amide bonds. The Morgan fingerprint density at radius 2 is 2.20 bits per heavy atom. The highest BCUT2D eigenvalue weighted by Crippen LogP contribution is 2.31. The van der Waals surface area contributed by atoms with Crippen molar-refractivity contribution in [1.29, 1.82) is 0 Å². The molecule has 15 heavy (non-hydrogen) atoms. The summed E-state index contributed by atoms with van der Waals surface area (Å²) in [6.07, 6.45) is 3.35. The predicted molar refractivity (Wildman–Crippen MR) is 58.5 cm³/mol. The van der Waals surface area contributed by atoms with Crippen LogP contribution in [-0.2, 0) is 9.53 Å². The first-order valence-electron chi connectivity index (χ1n) is 5.95. The molecule has 3 nitrogen and oxygen atoms in total. The molecule has 0 N–H and O–H groups in total. The zero-order chi connectivity index (χ0) is 11.1. The first kappa shape index (κ1) is 10.9. The monoisotopic (exact) mass is 211 g/mol. The summed E-state index contributed by atoms with van der Waals surface area (Å²) in [5, 5.41) is 0. The van der Waals surface area contributed by atoms with Gasteiger partial charge in [-0.25, -0.2) is 0 Å². The van der Waals surface area contributed by atoms with Crippen molar-refractivity contribution in [3.8, 4) is 0 Å². The van der Waals surface area contributed by atoms with Gasteiger partial charge in [0, 0.05) is 13.0 Å². The number of esters is 1. The van der Waals surface area contributed by atoms with Gasteiger partial charge in [-0.05, 0) is 39.2 Å². The number of carbonyl (C=O) groups is 1. The van der Waals surface area contributed by atoms with Gasteiger partial charge < -0.3 is 4.74 Å². The van der Waals surface area contributed by atoms with Crippen molar-refractivity contribution < 1.29 is 9.53 Å². The van der Waals surface area contributed by atoms with E-state index in [1.807, 2.05) is 13.8 Å². The lowest BCUT2D eigenvalue weighted by molar-refractivity contribution is -0.149. The van der Waals surface area contributed by atoms with Gasteiger partial charge in [-0.3, -0.25) is 9.69 Å². The standard InChI is InChI=1S/C12H21NO2/c1-9-5-4-6-13(8-9)10-7-12(2,3)15-11(10)14/h9-10H,4-8H2,1-3H3. The number of rotatable bonds is 1. The van der Waals surface area contributed by atoms with Gasteiger partial charge in [0.25, 0.3) is 0 Å².